The Kier molecular flexibility index (Phi) is 128. The van der Waals surface area contributed by atoms with Crippen LogP contribution in [0.5, 0.6) is 0 Å². The van der Waals surface area contributed by atoms with Gasteiger partial charge in [-0.1, -0.05) is 0 Å². The molecular weight excluding hydrogens is 168 g/mol. The van der Waals surface area contributed by atoms with Crippen molar-refractivity contribution in [1.29, 1.82) is 0 Å². The molecule has 11 heavy (non-hydrogen) atoms. The van der Waals surface area contributed by atoms with Crippen LogP contribution >= 0.6 is 0 Å². The van der Waals surface area contributed by atoms with Crippen LogP contribution in [0.4, 0.5) is 0 Å². The molecule has 8 N–H and O–H groups in total. The summed E-state index contributed by atoms with van der Waals surface area (Å²) in [7, 11) is 0. The number of hydrogen-bond donors (Lipinski definition) is 0. The van der Waals surface area contributed by atoms with E-state index in [0.717, 1.165) is 0 Å². The van der Waals surface area contributed by atoms with Crippen LogP contribution in [0.1, 0.15) is 13.8 Å². The molecule has 0 amide bonds. The van der Waals surface area contributed by atoms with Gasteiger partial charge < -0.3 is 26.6 Å². The summed E-state index contributed by atoms with van der Waals surface area (Å²) in [6.45, 7) is 3.65. The fraction of sp³-hybridized carbons (Fsp3) is 0.750. The third-order valence-corrected chi connectivity index (χ3v) is 0.348. The van der Waals surface area contributed by atoms with Crippen molar-refractivity contribution < 1.29 is 31.4 Å². The number of esters is 1. The van der Waals surface area contributed by atoms with Gasteiger partial charge in [-0.3, -0.25) is 4.79 Å². The van der Waals surface area contributed by atoms with Gasteiger partial charge in [-0.05, 0) is 6.92 Å². The van der Waals surface area contributed by atoms with Gasteiger partial charge in [0.2, 0.25) is 0 Å². The summed E-state index contributed by atoms with van der Waals surface area (Å²) in [6, 6.07) is 0. The molecule has 0 aromatic heterocycles. The van der Waals surface area contributed by atoms with E-state index >= 15 is 0 Å². The van der Waals surface area contributed by atoms with E-state index in [1.54, 1.807) is 6.92 Å². The van der Waals surface area contributed by atoms with Crippen molar-refractivity contribution >= 4 is 29.0 Å². The lowest BCUT2D eigenvalue weighted by atomic mass is 10.8. The van der Waals surface area contributed by atoms with E-state index in [1.807, 2.05) is 0 Å². The van der Waals surface area contributed by atoms with E-state index in [9.17, 15) is 4.79 Å². The van der Waals surface area contributed by atoms with Crippen LogP contribution in [0.25, 0.3) is 0 Å². The Bertz CT molecular complexity index is 58.5. The van der Waals surface area contributed by atoms with Crippen LogP contribution in [0.15, 0.2) is 0 Å². The minimum Gasteiger partial charge on any atom is -0.466 e. The Morgan fingerprint density at radius 2 is 1.45 bits per heavy atom. The lowest BCUT2D eigenvalue weighted by Crippen LogP contribution is -1.95. The fourth-order valence-electron chi connectivity index (χ4n) is 0.203. The number of carbonyl (C=O) groups is 1. The molecule has 0 aliphatic carbocycles. The van der Waals surface area contributed by atoms with Crippen molar-refractivity contribution in [3.8, 4) is 0 Å². The Morgan fingerprint density at radius 3 is 1.45 bits per heavy atom. The second-order valence-corrected chi connectivity index (χ2v) is 0.925. The standard InChI is InChI=1S/C4H8O2.Mg.4H2O.2H/c1-3-6-4(2)5;;;;;;;/h3H2,1-2H3;;4*1H2;;. The summed E-state index contributed by atoms with van der Waals surface area (Å²) in [4.78, 5) is 9.82. The molecule has 72 valence electrons. The first-order valence-electron chi connectivity index (χ1n) is 1.90. The molecule has 0 radical (unpaired) electrons. The molecule has 0 fully saturated rings. The van der Waals surface area contributed by atoms with Gasteiger partial charge in [0.1, 0.15) is 0 Å². The van der Waals surface area contributed by atoms with E-state index in [-0.39, 0.29) is 50.9 Å². The predicted molar refractivity (Wildman–Crippen MR) is 45.3 cm³/mol. The molecule has 0 saturated heterocycles. The molecule has 0 aromatic rings. The fourth-order valence-corrected chi connectivity index (χ4v) is 0.203. The molecule has 0 bridgehead atoms. The van der Waals surface area contributed by atoms with Crippen molar-refractivity contribution in [2.24, 2.45) is 0 Å². The van der Waals surface area contributed by atoms with Crippen LogP contribution in [-0.2, 0) is 9.53 Å². The summed E-state index contributed by atoms with van der Waals surface area (Å²) in [5.41, 5.74) is 0. The zero-order valence-corrected chi connectivity index (χ0v) is 6.02. The molecule has 0 spiro atoms. The molecular formula is C4H18MgO6. The lowest BCUT2D eigenvalue weighted by Gasteiger charge is -1.89. The van der Waals surface area contributed by atoms with Gasteiger partial charge >= 0.3 is 29.0 Å². The Morgan fingerprint density at radius 1 is 1.18 bits per heavy atom. The van der Waals surface area contributed by atoms with Crippen LogP contribution < -0.4 is 0 Å². The van der Waals surface area contributed by atoms with Gasteiger partial charge in [0.05, 0.1) is 6.61 Å². The highest BCUT2D eigenvalue weighted by atomic mass is 24.3. The molecule has 0 unspecified atom stereocenters. The van der Waals surface area contributed by atoms with Gasteiger partial charge in [0.25, 0.3) is 0 Å². The average molecular weight is 186 g/mol. The highest BCUT2D eigenvalue weighted by molar-refractivity contribution is 5.75. The molecule has 0 heterocycles. The third-order valence-electron chi connectivity index (χ3n) is 0.348. The van der Waals surface area contributed by atoms with E-state index < -0.39 is 0 Å². The van der Waals surface area contributed by atoms with Crippen molar-refractivity contribution in [2.75, 3.05) is 6.61 Å². The summed E-state index contributed by atoms with van der Waals surface area (Å²) in [6.07, 6.45) is 0. The van der Waals surface area contributed by atoms with Crippen molar-refractivity contribution in [1.82, 2.24) is 0 Å². The molecule has 0 saturated carbocycles. The highest BCUT2D eigenvalue weighted by Gasteiger charge is 1.81. The van der Waals surface area contributed by atoms with Gasteiger partial charge in [-0.25, -0.2) is 0 Å². The quantitative estimate of drug-likeness (QED) is 0.306. The zero-order chi connectivity index (χ0) is 4.99. The van der Waals surface area contributed by atoms with Crippen molar-refractivity contribution in [3.05, 3.63) is 0 Å². The molecule has 7 heteroatoms. The molecule has 6 nitrogen and oxygen atoms in total. The van der Waals surface area contributed by atoms with E-state index in [4.69, 9.17) is 0 Å². The van der Waals surface area contributed by atoms with Crippen molar-refractivity contribution in [3.63, 3.8) is 0 Å². The van der Waals surface area contributed by atoms with Gasteiger partial charge in [0.15, 0.2) is 0 Å². The smallest absolute Gasteiger partial charge is 0.316 e. The zero-order valence-electron chi connectivity index (χ0n) is 6.02. The van der Waals surface area contributed by atoms with Crippen molar-refractivity contribution in [2.45, 2.75) is 13.8 Å². The summed E-state index contributed by atoms with van der Waals surface area (Å²) in [5.74, 6) is -0.211. The predicted octanol–water partition coefficient (Wildman–Crippen LogP) is -3.65. The minimum absolute atomic E-state index is 0. The Hall–Kier alpha value is 0.0762. The summed E-state index contributed by atoms with van der Waals surface area (Å²) < 4.78 is 4.40. The maximum Gasteiger partial charge on any atom is 0.316 e. The largest absolute Gasteiger partial charge is 0.466 e. The van der Waals surface area contributed by atoms with Gasteiger partial charge in [0, 0.05) is 6.92 Å². The van der Waals surface area contributed by atoms with Crippen LogP contribution in [0.3, 0.4) is 0 Å². The van der Waals surface area contributed by atoms with E-state index in [0.29, 0.717) is 6.61 Å². The third kappa shape index (κ3) is 69.5. The monoisotopic (exact) mass is 186 g/mol. The minimum atomic E-state index is -0.211. The first-order valence-corrected chi connectivity index (χ1v) is 1.90. The second kappa shape index (κ2) is 32.2. The van der Waals surface area contributed by atoms with E-state index in [1.165, 1.54) is 6.92 Å². The normalized spacial score (nSPS) is 4.18. The Balaban J connectivity index is -0.0000000125. The molecule has 0 aliphatic heterocycles. The topological polar surface area (TPSA) is 152 Å². The number of hydrogen-bond acceptors (Lipinski definition) is 2. The maximum absolute atomic E-state index is 9.82. The molecule has 0 aromatic carbocycles. The average Bonchev–Trinajstić information content (AvgIpc) is 1.35. The molecule has 0 atom stereocenters. The SMILES string of the molecule is CCOC(C)=O.O.O.O.O.[MgH2]. The van der Waals surface area contributed by atoms with Crippen LogP contribution in [0, 0.1) is 0 Å². The van der Waals surface area contributed by atoms with Crippen LogP contribution in [-0.4, -0.2) is 57.5 Å². The molecule has 0 rings (SSSR count). The lowest BCUT2D eigenvalue weighted by molar-refractivity contribution is -0.140. The molecule has 0 aliphatic rings. The maximum atomic E-state index is 9.82. The summed E-state index contributed by atoms with van der Waals surface area (Å²) >= 11 is 0. The Labute approximate surface area is 81.3 Å². The number of rotatable bonds is 1. The van der Waals surface area contributed by atoms with Crippen LogP contribution in [0.2, 0.25) is 0 Å². The van der Waals surface area contributed by atoms with Gasteiger partial charge in [-0.2, -0.15) is 0 Å². The van der Waals surface area contributed by atoms with E-state index in [2.05, 4.69) is 4.74 Å². The number of carbonyl (C=O) groups excluding carboxylic acids is 1. The van der Waals surface area contributed by atoms with Gasteiger partial charge in [-0.15, -0.1) is 0 Å². The number of ether oxygens (including phenoxy) is 1. The summed E-state index contributed by atoms with van der Waals surface area (Å²) in [5, 5.41) is 0. The first kappa shape index (κ1) is 43.6. The highest BCUT2D eigenvalue weighted by Crippen LogP contribution is 1.69. The first-order chi connectivity index (χ1) is 2.77. The second-order valence-electron chi connectivity index (χ2n) is 0.925.